The summed E-state index contributed by atoms with van der Waals surface area (Å²) in [6.07, 6.45) is 31.2. The number of ether oxygens (including phenoxy) is 1. The van der Waals surface area contributed by atoms with Gasteiger partial charge in [0, 0.05) is 12.5 Å². The van der Waals surface area contributed by atoms with Crippen LogP contribution in [0.4, 0.5) is 0 Å². The first kappa shape index (κ1) is 26.0. The van der Waals surface area contributed by atoms with E-state index in [4.69, 9.17) is 4.74 Å². The van der Waals surface area contributed by atoms with Crippen molar-refractivity contribution >= 4 is 5.78 Å². The van der Waals surface area contributed by atoms with E-state index in [0.29, 0.717) is 6.42 Å². The van der Waals surface area contributed by atoms with E-state index in [-0.39, 0.29) is 11.9 Å². The molecule has 0 aromatic rings. The quantitative estimate of drug-likeness (QED) is 0.159. The lowest BCUT2D eigenvalue weighted by molar-refractivity contribution is -0.118. The highest BCUT2D eigenvalue weighted by Crippen LogP contribution is 2.20. The van der Waals surface area contributed by atoms with Crippen LogP contribution in [0.1, 0.15) is 136 Å². The van der Waals surface area contributed by atoms with Crippen LogP contribution in [0.5, 0.6) is 0 Å². The minimum absolute atomic E-state index is 0.132. The third-order valence-electron chi connectivity index (χ3n) is 5.93. The van der Waals surface area contributed by atoms with E-state index >= 15 is 0 Å². The third-order valence-corrected chi connectivity index (χ3v) is 5.93. The number of unbranched alkanes of at least 4 members (excludes halogenated alkanes) is 15. The van der Waals surface area contributed by atoms with Crippen LogP contribution in [0.3, 0.4) is 0 Å². The Morgan fingerprint density at radius 1 is 0.793 bits per heavy atom. The molecule has 0 aromatic heterocycles. The van der Waals surface area contributed by atoms with Gasteiger partial charge in [-0.25, -0.2) is 0 Å². The van der Waals surface area contributed by atoms with Crippen LogP contribution in [0, 0.1) is 0 Å². The van der Waals surface area contributed by atoms with Gasteiger partial charge in [0.25, 0.3) is 0 Å². The largest absolute Gasteiger partial charge is 0.494 e. The maximum atomic E-state index is 11.5. The zero-order chi connectivity index (χ0) is 21.0. The monoisotopic (exact) mass is 404 g/mol. The second kappa shape index (κ2) is 18.9. The summed E-state index contributed by atoms with van der Waals surface area (Å²) in [4.78, 5) is 11.5. The number of carbonyl (C=O) groups is 1. The molecule has 0 saturated heterocycles. The number of hydrogen-bond donors (Lipinski definition) is 0. The fourth-order valence-corrected chi connectivity index (χ4v) is 4.16. The van der Waals surface area contributed by atoms with E-state index in [1.807, 2.05) is 6.92 Å². The van der Waals surface area contributed by atoms with Crippen LogP contribution < -0.4 is 0 Å². The number of allylic oxidation sites excluding steroid dienone is 4. The highest BCUT2D eigenvalue weighted by Gasteiger charge is 2.18. The molecule has 0 saturated carbocycles. The molecule has 1 atom stereocenters. The Morgan fingerprint density at radius 3 is 1.79 bits per heavy atom. The summed E-state index contributed by atoms with van der Waals surface area (Å²) >= 11 is 0. The van der Waals surface area contributed by atoms with Crippen molar-refractivity contribution in [3.05, 3.63) is 24.0 Å². The van der Waals surface area contributed by atoms with E-state index in [0.717, 1.165) is 12.2 Å². The molecule has 1 heterocycles. The Morgan fingerprint density at radius 2 is 1.28 bits per heavy atom. The van der Waals surface area contributed by atoms with Crippen molar-refractivity contribution in [1.82, 2.24) is 0 Å². The second-order valence-corrected chi connectivity index (χ2v) is 8.95. The van der Waals surface area contributed by atoms with E-state index in [1.54, 1.807) is 6.08 Å². The zero-order valence-corrected chi connectivity index (χ0v) is 19.6. The van der Waals surface area contributed by atoms with Crippen LogP contribution in [0.2, 0.25) is 0 Å². The third kappa shape index (κ3) is 16.4. The molecule has 1 rings (SSSR count). The Hall–Kier alpha value is -1.05. The summed E-state index contributed by atoms with van der Waals surface area (Å²) in [5, 5.41) is 0. The molecule has 0 spiro atoms. The molecule has 0 amide bonds. The molecule has 2 heteroatoms. The summed E-state index contributed by atoms with van der Waals surface area (Å²) < 4.78 is 5.73. The topological polar surface area (TPSA) is 26.3 Å². The van der Waals surface area contributed by atoms with Gasteiger partial charge in [-0.3, -0.25) is 4.79 Å². The Labute approximate surface area is 181 Å². The average Bonchev–Trinajstić information content (AvgIpc) is 2.69. The fraction of sp³-hybridized carbons (Fsp3) is 0.815. The number of ketones is 1. The van der Waals surface area contributed by atoms with E-state index in [2.05, 4.69) is 19.1 Å². The first-order valence-corrected chi connectivity index (χ1v) is 12.7. The number of hydrogen-bond acceptors (Lipinski definition) is 2. The predicted molar refractivity (Wildman–Crippen MR) is 126 cm³/mol. The number of rotatable bonds is 19. The summed E-state index contributed by atoms with van der Waals surface area (Å²) in [5.41, 5.74) is 0. The van der Waals surface area contributed by atoms with E-state index in [1.165, 1.54) is 109 Å². The molecule has 29 heavy (non-hydrogen) atoms. The molecule has 0 aromatic carbocycles. The highest BCUT2D eigenvalue weighted by molar-refractivity contribution is 5.91. The highest BCUT2D eigenvalue weighted by atomic mass is 16.5. The normalized spacial score (nSPS) is 17.0. The van der Waals surface area contributed by atoms with Crippen LogP contribution in [-0.2, 0) is 9.53 Å². The van der Waals surface area contributed by atoms with Crippen LogP contribution in [0.25, 0.3) is 0 Å². The first-order valence-electron chi connectivity index (χ1n) is 12.7. The molecule has 0 aliphatic carbocycles. The van der Waals surface area contributed by atoms with Crippen molar-refractivity contribution in [2.75, 3.05) is 0 Å². The van der Waals surface area contributed by atoms with Crippen LogP contribution in [0.15, 0.2) is 24.0 Å². The first-order chi connectivity index (χ1) is 14.2. The summed E-state index contributed by atoms with van der Waals surface area (Å²) in [7, 11) is 0. The second-order valence-electron chi connectivity index (χ2n) is 8.95. The maximum absolute atomic E-state index is 11.5. The molecule has 2 nitrogen and oxygen atoms in total. The SMILES string of the molecule is CCCCCCCC/C=C\CCCCCCCCCCC[C@@H]1CC(=O)C=C(C)O1. The van der Waals surface area contributed by atoms with Gasteiger partial charge >= 0.3 is 0 Å². The summed E-state index contributed by atoms with van der Waals surface area (Å²) in [5.74, 6) is 1.02. The Bertz CT molecular complexity index is 449. The Balaban J connectivity index is 1.75. The minimum atomic E-state index is 0.132. The van der Waals surface area contributed by atoms with Gasteiger partial charge in [-0.2, -0.15) is 0 Å². The lowest BCUT2D eigenvalue weighted by atomic mass is 10.0. The summed E-state index contributed by atoms with van der Waals surface area (Å²) in [6.45, 7) is 4.17. The van der Waals surface area contributed by atoms with Gasteiger partial charge in [-0.05, 0) is 45.4 Å². The standard InChI is InChI=1S/C27H48O2/c1-3-4-5-6-7-8-9-10-11-12-13-14-15-16-17-18-19-20-21-22-27-24-26(28)23-25(2)29-27/h10-11,23,27H,3-9,12-22,24H2,1-2H3/b11-10-/t27-/m1/s1. The van der Waals surface area contributed by atoms with Crippen molar-refractivity contribution in [1.29, 1.82) is 0 Å². The molecular formula is C27H48O2. The van der Waals surface area contributed by atoms with Crippen molar-refractivity contribution < 1.29 is 9.53 Å². The van der Waals surface area contributed by atoms with Gasteiger partial charge in [-0.1, -0.05) is 96.1 Å². The van der Waals surface area contributed by atoms with Crippen LogP contribution in [-0.4, -0.2) is 11.9 Å². The molecule has 168 valence electrons. The van der Waals surface area contributed by atoms with Gasteiger partial charge < -0.3 is 4.74 Å². The van der Waals surface area contributed by atoms with Gasteiger partial charge in [-0.15, -0.1) is 0 Å². The van der Waals surface area contributed by atoms with Gasteiger partial charge in [0.1, 0.15) is 6.10 Å². The molecule has 0 radical (unpaired) electrons. The van der Waals surface area contributed by atoms with Crippen molar-refractivity contribution in [2.24, 2.45) is 0 Å². The average molecular weight is 405 g/mol. The maximum Gasteiger partial charge on any atom is 0.162 e. The smallest absolute Gasteiger partial charge is 0.162 e. The zero-order valence-electron chi connectivity index (χ0n) is 19.6. The molecular weight excluding hydrogens is 356 g/mol. The lowest BCUT2D eigenvalue weighted by Gasteiger charge is -2.22. The van der Waals surface area contributed by atoms with Crippen molar-refractivity contribution in [3.8, 4) is 0 Å². The molecule has 0 bridgehead atoms. The minimum Gasteiger partial charge on any atom is -0.494 e. The predicted octanol–water partition coefficient (Wildman–Crippen LogP) is 8.85. The van der Waals surface area contributed by atoms with Gasteiger partial charge in [0.15, 0.2) is 5.78 Å². The number of carbonyl (C=O) groups excluding carboxylic acids is 1. The lowest BCUT2D eigenvalue weighted by Crippen LogP contribution is -2.21. The van der Waals surface area contributed by atoms with Crippen molar-refractivity contribution in [2.45, 2.75) is 142 Å². The molecule has 0 fully saturated rings. The fourth-order valence-electron chi connectivity index (χ4n) is 4.16. The van der Waals surface area contributed by atoms with Crippen molar-refractivity contribution in [3.63, 3.8) is 0 Å². The van der Waals surface area contributed by atoms with Gasteiger partial charge in [0.2, 0.25) is 0 Å². The molecule has 1 aliphatic rings. The van der Waals surface area contributed by atoms with Gasteiger partial charge in [0.05, 0.1) is 5.76 Å². The molecule has 0 N–H and O–H groups in total. The van der Waals surface area contributed by atoms with E-state index < -0.39 is 0 Å². The van der Waals surface area contributed by atoms with Crippen LogP contribution >= 0.6 is 0 Å². The molecule has 1 aliphatic heterocycles. The molecule has 0 unspecified atom stereocenters. The Kier molecular flexibility index (Phi) is 17.0. The summed E-state index contributed by atoms with van der Waals surface area (Å²) in [6, 6.07) is 0. The van der Waals surface area contributed by atoms with E-state index in [9.17, 15) is 4.79 Å².